The molecule has 0 aliphatic carbocycles. The third-order valence-electron chi connectivity index (χ3n) is 21.3. The number of ether oxygens (including phenoxy) is 8. The van der Waals surface area contributed by atoms with Crippen molar-refractivity contribution in [3.05, 3.63) is 101 Å². The molecule has 0 aromatic carbocycles. The Morgan fingerprint density at radius 3 is 0.430 bits per heavy atom. The zero-order valence-corrected chi connectivity index (χ0v) is 83.5. The van der Waals surface area contributed by atoms with E-state index in [0.717, 1.165) is 51.4 Å². The van der Waals surface area contributed by atoms with Gasteiger partial charge in [-0.05, 0) is 51.4 Å². The Morgan fingerprint density at radius 1 is 0.215 bits per heavy atom. The van der Waals surface area contributed by atoms with Gasteiger partial charge in [0.1, 0.15) is 0 Å². The van der Waals surface area contributed by atoms with Gasteiger partial charge < -0.3 is 86.2 Å². The molecule has 0 aromatic heterocycles. The number of unbranched alkanes of at least 4 members (excludes halogenated alkanes) is 40. The summed E-state index contributed by atoms with van der Waals surface area (Å²) in [5.74, 6) is 0. The molecule has 716 valence electrons. The molecule has 0 heterocycles. The number of aliphatic hydroxyl groups is 4. The molecule has 0 spiro atoms. The Balaban J connectivity index is -0.000000186. The molecule has 0 radical (unpaired) electrons. The summed E-state index contributed by atoms with van der Waals surface area (Å²) in [4.78, 5) is 19.6. The normalized spacial score (nSPS) is 11.4. The summed E-state index contributed by atoms with van der Waals surface area (Å²) in [6, 6.07) is 0. The van der Waals surface area contributed by atoms with Gasteiger partial charge in [0.05, 0.1) is 159 Å². The van der Waals surface area contributed by atoms with Crippen LogP contribution in [-0.4, -0.2) is 189 Å². The SMILES string of the molecule is C=CCOCC(CC)(CO)COCC=C.C=CCOCC(CC)(CO)COCC=C.C=CCOCC(CC)(CO)COCC=C.C=CCOCC(CC)(CO)COCC=C.CCCCCCCCCCCCCOP(O)OCCCCCCCCCCCCC.CCCCCCCCCCCCCOP(O)OCCCCCCCCCCCCC.[H+].[H+].[Ti+4]. The molecule has 0 atom stereocenters. The van der Waals surface area contributed by atoms with Gasteiger partial charge in [-0.3, -0.25) is 0 Å². The minimum atomic E-state index is -1.66. The fourth-order valence-electron chi connectivity index (χ4n) is 12.4. The molecule has 0 bridgehead atoms. The van der Waals surface area contributed by atoms with Crippen LogP contribution in [0.15, 0.2) is 101 Å². The average molecular weight is 1800 g/mol. The van der Waals surface area contributed by atoms with Gasteiger partial charge >= 0.3 is 41.8 Å². The van der Waals surface area contributed by atoms with Crippen LogP contribution in [0.5, 0.6) is 0 Å². The second kappa shape index (κ2) is 113. The van der Waals surface area contributed by atoms with Crippen LogP contribution >= 0.6 is 17.2 Å². The predicted molar refractivity (Wildman–Crippen MR) is 518 cm³/mol. The van der Waals surface area contributed by atoms with Gasteiger partial charge in [0.2, 0.25) is 0 Å². The fraction of sp³-hybridized carbons (Fsp3) is 0.840. The summed E-state index contributed by atoms with van der Waals surface area (Å²) in [5, 5.41) is 37.5. The monoisotopic (exact) mass is 1800 g/mol. The third-order valence-corrected chi connectivity index (χ3v) is 22.9. The van der Waals surface area contributed by atoms with Gasteiger partial charge in [-0.25, -0.2) is 0 Å². The van der Waals surface area contributed by atoms with E-state index < -0.39 is 17.2 Å². The van der Waals surface area contributed by atoms with Gasteiger partial charge in [0.25, 0.3) is 0 Å². The van der Waals surface area contributed by atoms with Crippen molar-refractivity contribution in [2.75, 3.05) is 159 Å². The number of hydrogen-bond acceptors (Lipinski definition) is 18. The molecule has 0 aliphatic heterocycles. The maximum atomic E-state index is 9.79. The first-order valence-electron chi connectivity index (χ1n) is 48.0. The Kier molecular flexibility index (Phi) is 124. The summed E-state index contributed by atoms with van der Waals surface area (Å²) in [5.41, 5.74) is -1.20. The van der Waals surface area contributed by atoms with E-state index in [2.05, 4.69) is 80.3 Å². The van der Waals surface area contributed by atoms with Crippen molar-refractivity contribution in [1.82, 2.24) is 0 Å². The Hall–Kier alpha value is -1.23. The molecule has 0 rings (SSSR count). The van der Waals surface area contributed by atoms with Crippen LogP contribution in [-0.2, 0) is 77.7 Å². The smallest absolute Gasteiger partial charge is 0.396 e. The molecule has 121 heavy (non-hydrogen) atoms. The summed E-state index contributed by atoms with van der Waals surface area (Å²) >= 11 is 0. The zero-order valence-electron chi connectivity index (χ0n) is 82.2. The van der Waals surface area contributed by atoms with E-state index in [0.29, 0.717) is 132 Å². The molecular weight excluding hydrogens is 1600 g/mol. The molecule has 0 amide bonds. The quantitative estimate of drug-likeness (QED) is 0.0144. The van der Waals surface area contributed by atoms with Crippen molar-refractivity contribution < 1.29 is 111 Å². The zero-order chi connectivity index (χ0) is 90.2. The topological polar surface area (TPSA) is 232 Å². The summed E-state index contributed by atoms with van der Waals surface area (Å²) in [7, 11) is -3.31. The minimum absolute atomic E-state index is 0. The van der Waals surface area contributed by atoms with E-state index in [9.17, 15) is 30.2 Å². The van der Waals surface area contributed by atoms with Gasteiger partial charge in [-0.1, -0.05) is 361 Å². The van der Waals surface area contributed by atoms with Crippen LogP contribution < -0.4 is 0 Å². The van der Waals surface area contributed by atoms with E-state index in [1.54, 1.807) is 48.6 Å². The predicted octanol–water partition coefficient (Wildman–Crippen LogP) is 27.1. The van der Waals surface area contributed by atoms with Crippen LogP contribution in [0.2, 0.25) is 0 Å². The van der Waals surface area contributed by atoms with Crippen LogP contribution in [0.3, 0.4) is 0 Å². The second-order valence-electron chi connectivity index (χ2n) is 32.4. The fourth-order valence-corrected chi connectivity index (χ4v) is 13.7. The van der Waals surface area contributed by atoms with Crippen LogP contribution in [0.1, 0.15) is 366 Å². The molecule has 0 aromatic rings. The van der Waals surface area contributed by atoms with E-state index in [-0.39, 0.29) is 72.7 Å². The standard InChI is InChI=1S/2C26H55O3P.4C12H22O3.Ti/c2*1-3-5-7-9-11-13-15-17-19-21-23-25-28-30(27)29-26-24-22-20-18-16-14-12-10-8-6-4-2;4*1-4-7-14-10-12(6-3,9-13)11-15-8-5-2;/h2*27H,3-26H2,1-2H3;4*4-5,13H,1-2,6-11H2,3H3;/q;;;;;;+4/p+2. The summed E-state index contributed by atoms with van der Waals surface area (Å²) in [6.45, 7) is 56.5. The number of hydrogen-bond donors (Lipinski definition) is 6. The number of rotatable bonds is 92. The Bertz CT molecular complexity index is 1690. The molecule has 0 saturated heterocycles. The molecule has 6 N–H and O–H groups in total. The van der Waals surface area contributed by atoms with Crippen LogP contribution in [0.4, 0.5) is 0 Å². The largest absolute Gasteiger partial charge is 4.00 e. The summed E-state index contributed by atoms with van der Waals surface area (Å²) in [6.07, 6.45) is 75.4. The van der Waals surface area contributed by atoms with Crippen molar-refractivity contribution in [3.63, 3.8) is 0 Å². The van der Waals surface area contributed by atoms with Crippen molar-refractivity contribution in [3.8, 4) is 0 Å². The average Bonchev–Trinajstić information content (AvgIpc) is 0.909. The first kappa shape index (κ1) is 133. The molecule has 18 nitrogen and oxygen atoms in total. The van der Waals surface area contributed by atoms with E-state index in [1.807, 2.05) is 27.7 Å². The van der Waals surface area contributed by atoms with Gasteiger partial charge in [0.15, 0.2) is 0 Å². The minimum Gasteiger partial charge on any atom is -0.396 e. The van der Waals surface area contributed by atoms with Crippen molar-refractivity contribution >= 4 is 17.2 Å². The number of aliphatic hydroxyl groups excluding tert-OH is 4. The van der Waals surface area contributed by atoms with Crippen LogP contribution in [0.25, 0.3) is 0 Å². The van der Waals surface area contributed by atoms with Crippen molar-refractivity contribution in [2.24, 2.45) is 21.7 Å². The first-order chi connectivity index (χ1) is 58.6. The third kappa shape index (κ3) is 101. The van der Waals surface area contributed by atoms with Crippen LogP contribution in [0, 0.1) is 21.7 Å². The maximum absolute atomic E-state index is 9.79. The summed E-state index contributed by atoms with van der Waals surface area (Å²) < 4.78 is 64.7. The van der Waals surface area contributed by atoms with Gasteiger partial charge in [-0.15, -0.1) is 52.6 Å². The molecule has 0 fully saturated rings. The maximum Gasteiger partial charge on any atom is 4.00 e. The molecule has 21 heteroatoms. The van der Waals surface area contributed by atoms with E-state index in [1.165, 1.54) is 257 Å². The molecule has 0 saturated carbocycles. The Morgan fingerprint density at radius 2 is 0.331 bits per heavy atom. The van der Waals surface area contributed by atoms with Crippen molar-refractivity contribution in [1.29, 1.82) is 0 Å². The van der Waals surface area contributed by atoms with E-state index in [4.69, 9.17) is 56.0 Å². The van der Waals surface area contributed by atoms with Gasteiger partial charge in [-0.2, -0.15) is 0 Å². The molecule has 0 unspecified atom stereocenters. The van der Waals surface area contributed by atoms with Crippen molar-refractivity contribution in [2.45, 2.75) is 364 Å². The first-order valence-corrected chi connectivity index (χ1v) is 50.3. The molecule has 0 aliphatic rings. The second-order valence-corrected chi connectivity index (χ2v) is 34.4. The Labute approximate surface area is 768 Å². The van der Waals surface area contributed by atoms with Gasteiger partial charge in [0, 0.05) is 21.7 Å². The van der Waals surface area contributed by atoms with E-state index >= 15 is 0 Å². The molecular formula is C100H200O18P2Ti+6.